The summed E-state index contributed by atoms with van der Waals surface area (Å²) in [5, 5.41) is 0.0755. The third-order valence-electron chi connectivity index (χ3n) is 3.91. The summed E-state index contributed by atoms with van der Waals surface area (Å²) in [4.78, 5) is 24.2. The van der Waals surface area contributed by atoms with Crippen molar-refractivity contribution in [3.63, 3.8) is 0 Å². The lowest BCUT2D eigenvalue weighted by Gasteiger charge is -2.47. The summed E-state index contributed by atoms with van der Waals surface area (Å²) in [6.07, 6.45) is -0.568. The SMILES string of the molecule is CC(=O)O[C@@H]1CC(=O)N1C(C)O[Si](C)(C)C(C)(C)C. The quantitative estimate of drug-likeness (QED) is 0.453. The van der Waals surface area contributed by atoms with Crippen LogP contribution >= 0.6 is 0 Å². The Balaban J connectivity index is 2.69. The minimum Gasteiger partial charge on any atom is -0.441 e. The van der Waals surface area contributed by atoms with Gasteiger partial charge in [0.05, 0.1) is 6.42 Å². The van der Waals surface area contributed by atoms with Crippen LogP contribution in [0.1, 0.15) is 41.0 Å². The van der Waals surface area contributed by atoms with Crippen molar-refractivity contribution in [3.05, 3.63) is 0 Å². The number of hydrogen-bond donors (Lipinski definition) is 0. The molecule has 0 aromatic rings. The van der Waals surface area contributed by atoms with Crippen LogP contribution in [0.2, 0.25) is 18.1 Å². The Morgan fingerprint density at radius 2 is 1.95 bits per heavy atom. The van der Waals surface area contributed by atoms with Gasteiger partial charge in [0.2, 0.25) is 5.91 Å². The van der Waals surface area contributed by atoms with Crippen LogP contribution in [-0.4, -0.2) is 37.5 Å². The standard InChI is InChI=1S/C13H25NO4Si/c1-9(18-19(6,7)13(3,4)5)14-11(16)8-12(14)17-10(2)15/h9,12H,8H2,1-7H3/t9?,12-/m1/s1. The third-order valence-corrected chi connectivity index (χ3v) is 8.46. The molecule has 0 saturated carbocycles. The van der Waals surface area contributed by atoms with E-state index in [0.29, 0.717) is 0 Å². The van der Waals surface area contributed by atoms with Crippen LogP contribution in [0.3, 0.4) is 0 Å². The Labute approximate surface area is 116 Å². The van der Waals surface area contributed by atoms with Gasteiger partial charge in [0, 0.05) is 6.92 Å². The monoisotopic (exact) mass is 287 g/mol. The predicted octanol–water partition coefficient (Wildman–Crippen LogP) is 2.48. The third kappa shape index (κ3) is 3.57. The first-order valence-electron chi connectivity index (χ1n) is 6.62. The van der Waals surface area contributed by atoms with Gasteiger partial charge in [-0.15, -0.1) is 0 Å². The second-order valence-electron chi connectivity index (χ2n) is 6.55. The zero-order valence-electron chi connectivity index (χ0n) is 12.9. The Kier molecular flexibility index (Phi) is 4.46. The molecule has 5 nitrogen and oxygen atoms in total. The highest BCUT2D eigenvalue weighted by molar-refractivity contribution is 6.74. The molecule has 6 heteroatoms. The lowest BCUT2D eigenvalue weighted by atomic mass is 10.1. The Hall–Kier alpha value is -0.883. The van der Waals surface area contributed by atoms with E-state index in [2.05, 4.69) is 33.9 Å². The van der Waals surface area contributed by atoms with Crippen LogP contribution < -0.4 is 0 Å². The molecule has 0 radical (unpaired) electrons. The fraction of sp³-hybridized carbons (Fsp3) is 0.846. The number of rotatable bonds is 4. The molecule has 1 aliphatic rings. The van der Waals surface area contributed by atoms with Gasteiger partial charge in [0.25, 0.3) is 0 Å². The molecule has 0 bridgehead atoms. The lowest BCUT2D eigenvalue weighted by Crippen LogP contribution is -2.61. The van der Waals surface area contributed by atoms with Crippen LogP contribution in [0.4, 0.5) is 0 Å². The van der Waals surface area contributed by atoms with E-state index in [-0.39, 0.29) is 29.6 Å². The summed E-state index contributed by atoms with van der Waals surface area (Å²) in [7, 11) is -1.95. The van der Waals surface area contributed by atoms with Gasteiger partial charge in [0.15, 0.2) is 14.5 Å². The molecule has 1 aliphatic heterocycles. The molecule has 0 spiro atoms. The minimum atomic E-state index is -1.95. The molecule has 2 atom stereocenters. The number of carbonyl (C=O) groups is 2. The summed E-state index contributed by atoms with van der Waals surface area (Å²) in [5.74, 6) is -0.403. The minimum absolute atomic E-state index is 0.0301. The first-order chi connectivity index (χ1) is 8.45. The first-order valence-corrected chi connectivity index (χ1v) is 9.53. The van der Waals surface area contributed by atoms with Gasteiger partial charge in [-0.2, -0.15) is 0 Å². The van der Waals surface area contributed by atoms with Crippen LogP contribution in [0, 0.1) is 0 Å². The van der Waals surface area contributed by atoms with Gasteiger partial charge in [0.1, 0.15) is 6.23 Å². The van der Waals surface area contributed by atoms with E-state index in [0.717, 1.165) is 0 Å². The molecule has 110 valence electrons. The Morgan fingerprint density at radius 3 is 2.32 bits per heavy atom. The molecule has 0 aromatic carbocycles. The molecule has 1 unspecified atom stereocenters. The highest BCUT2D eigenvalue weighted by Crippen LogP contribution is 2.38. The average molecular weight is 287 g/mol. The van der Waals surface area contributed by atoms with E-state index >= 15 is 0 Å². The van der Waals surface area contributed by atoms with E-state index in [4.69, 9.17) is 9.16 Å². The summed E-state index contributed by atoms with van der Waals surface area (Å²) in [6.45, 7) is 13.9. The largest absolute Gasteiger partial charge is 0.441 e. The summed E-state index contributed by atoms with van der Waals surface area (Å²) < 4.78 is 11.2. The van der Waals surface area contributed by atoms with E-state index in [9.17, 15) is 9.59 Å². The highest BCUT2D eigenvalue weighted by atomic mass is 28.4. The number of amides is 1. The normalized spacial score (nSPS) is 21.9. The fourth-order valence-electron chi connectivity index (χ4n) is 1.79. The number of nitrogens with zero attached hydrogens (tertiary/aromatic N) is 1. The van der Waals surface area contributed by atoms with Crippen LogP contribution in [0.5, 0.6) is 0 Å². The number of β-lactam (4-membered cyclic amide) rings is 1. The van der Waals surface area contributed by atoms with Gasteiger partial charge < -0.3 is 9.16 Å². The molecular weight excluding hydrogens is 262 g/mol. The number of hydrogen-bond acceptors (Lipinski definition) is 4. The molecule has 0 aliphatic carbocycles. The molecule has 1 heterocycles. The second-order valence-corrected chi connectivity index (χ2v) is 11.3. The topological polar surface area (TPSA) is 55.8 Å². The summed E-state index contributed by atoms with van der Waals surface area (Å²) in [5.41, 5.74) is 0. The molecule has 1 rings (SSSR count). The van der Waals surface area contributed by atoms with E-state index in [1.54, 1.807) is 0 Å². The van der Waals surface area contributed by atoms with Crippen LogP contribution in [0.15, 0.2) is 0 Å². The maximum atomic E-state index is 11.7. The number of esters is 1. The van der Waals surface area contributed by atoms with Gasteiger partial charge in [-0.1, -0.05) is 20.8 Å². The molecule has 1 amide bonds. The molecule has 1 saturated heterocycles. The van der Waals surface area contributed by atoms with Crippen molar-refractivity contribution in [2.45, 2.75) is 71.6 Å². The fourth-order valence-corrected chi connectivity index (χ4v) is 3.11. The van der Waals surface area contributed by atoms with Crippen molar-refractivity contribution >= 4 is 20.2 Å². The molecule has 1 fully saturated rings. The second kappa shape index (κ2) is 5.24. The smallest absolute Gasteiger partial charge is 0.304 e. The lowest BCUT2D eigenvalue weighted by molar-refractivity contribution is -0.199. The van der Waals surface area contributed by atoms with E-state index in [1.807, 2.05) is 6.92 Å². The number of carbonyl (C=O) groups excluding carboxylic acids is 2. The first kappa shape index (κ1) is 16.2. The van der Waals surface area contributed by atoms with Crippen molar-refractivity contribution in [2.75, 3.05) is 0 Å². The molecule has 19 heavy (non-hydrogen) atoms. The van der Waals surface area contributed by atoms with Crippen LogP contribution in [-0.2, 0) is 18.8 Å². The number of likely N-dealkylation sites (tertiary alicyclic amines) is 1. The Bertz CT molecular complexity index is 375. The van der Waals surface area contributed by atoms with Crippen molar-refractivity contribution in [1.82, 2.24) is 4.90 Å². The zero-order chi connectivity index (χ0) is 15.0. The van der Waals surface area contributed by atoms with E-state index in [1.165, 1.54) is 11.8 Å². The van der Waals surface area contributed by atoms with Crippen molar-refractivity contribution in [1.29, 1.82) is 0 Å². The van der Waals surface area contributed by atoms with Gasteiger partial charge in [-0.3, -0.25) is 14.5 Å². The Morgan fingerprint density at radius 1 is 1.42 bits per heavy atom. The van der Waals surface area contributed by atoms with Crippen molar-refractivity contribution < 1.29 is 18.8 Å². The van der Waals surface area contributed by atoms with Crippen molar-refractivity contribution in [2.24, 2.45) is 0 Å². The highest BCUT2D eigenvalue weighted by Gasteiger charge is 2.46. The van der Waals surface area contributed by atoms with Crippen LogP contribution in [0.25, 0.3) is 0 Å². The maximum absolute atomic E-state index is 11.7. The average Bonchev–Trinajstić information content (AvgIpc) is 2.12. The number of ether oxygens (including phenoxy) is 1. The zero-order valence-corrected chi connectivity index (χ0v) is 13.9. The van der Waals surface area contributed by atoms with Gasteiger partial charge in [-0.25, -0.2) is 0 Å². The molecule has 0 N–H and O–H groups in total. The van der Waals surface area contributed by atoms with Crippen molar-refractivity contribution in [3.8, 4) is 0 Å². The maximum Gasteiger partial charge on any atom is 0.304 e. The van der Waals surface area contributed by atoms with Gasteiger partial charge in [-0.05, 0) is 25.1 Å². The van der Waals surface area contributed by atoms with Gasteiger partial charge >= 0.3 is 5.97 Å². The predicted molar refractivity (Wildman–Crippen MR) is 74.8 cm³/mol. The van der Waals surface area contributed by atoms with E-state index < -0.39 is 14.5 Å². The molecular formula is C13H25NO4Si. The molecule has 0 aromatic heterocycles. The summed E-state index contributed by atoms with van der Waals surface area (Å²) >= 11 is 0. The summed E-state index contributed by atoms with van der Waals surface area (Å²) in [6, 6.07) is 0.